The molecule has 6 unspecified atom stereocenters. The lowest BCUT2D eigenvalue weighted by Crippen LogP contribution is -2.12. The fourth-order valence-corrected chi connectivity index (χ4v) is 7.11. The lowest BCUT2D eigenvalue weighted by atomic mass is 9.91. The Kier molecular flexibility index (Phi) is 9.89. The lowest BCUT2D eigenvalue weighted by Gasteiger charge is -2.26. The molecule has 0 amide bonds. The molecule has 0 spiro atoms. The SMILES string of the molecule is c1ccc2c(c1)c1ccc(OCC3CO3)c(OCC3CO3)c1c1c(OCC3CO3)c(OCCCC3CO3)c(OCCCC3CO3)c(OCCCC3CO3)c21. The first-order chi connectivity index (χ1) is 26.8. The molecule has 6 fully saturated rings. The van der Waals surface area contributed by atoms with Gasteiger partial charge in [0.15, 0.2) is 23.0 Å². The molecule has 6 heterocycles. The molecule has 6 atom stereocenters. The van der Waals surface area contributed by atoms with Gasteiger partial charge in [0.25, 0.3) is 0 Å². The summed E-state index contributed by atoms with van der Waals surface area (Å²) in [7, 11) is 0. The maximum Gasteiger partial charge on any atom is 0.208 e. The molecule has 0 bridgehead atoms. The van der Waals surface area contributed by atoms with E-state index in [2.05, 4.69) is 30.3 Å². The smallest absolute Gasteiger partial charge is 0.208 e. The molecule has 0 saturated carbocycles. The van der Waals surface area contributed by atoms with Crippen LogP contribution in [-0.2, 0) is 28.4 Å². The average Bonchev–Trinajstić information content (AvgIpc) is 3.99. The largest absolute Gasteiger partial charge is 0.489 e. The van der Waals surface area contributed by atoms with E-state index in [1.54, 1.807) is 0 Å². The summed E-state index contributed by atoms with van der Waals surface area (Å²) < 4.78 is 74.0. The summed E-state index contributed by atoms with van der Waals surface area (Å²) in [5, 5.41) is 5.62. The van der Waals surface area contributed by atoms with Gasteiger partial charge in [-0.05, 0) is 66.8 Å². The van der Waals surface area contributed by atoms with Crippen LogP contribution in [0.5, 0.6) is 34.5 Å². The van der Waals surface area contributed by atoms with E-state index in [-0.39, 0.29) is 18.3 Å². The second-order valence-corrected chi connectivity index (χ2v) is 15.1. The highest BCUT2D eigenvalue weighted by atomic mass is 16.6. The monoisotopic (exact) mass is 744 g/mol. The van der Waals surface area contributed by atoms with E-state index in [1.165, 1.54) is 0 Å². The van der Waals surface area contributed by atoms with Crippen LogP contribution in [0, 0.1) is 0 Å². The molecule has 0 aliphatic carbocycles. The van der Waals surface area contributed by atoms with Gasteiger partial charge in [0.2, 0.25) is 11.5 Å². The maximum atomic E-state index is 6.94. The van der Waals surface area contributed by atoms with Crippen molar-refractivity contribution in [2.45, 2.75) is 75.1 Å². The number of epoxide rings is 6. The quantitative estimate of drug-likeness (QED) is 0.0463. The van der Waals surface area contributed by atoms with Gasteiger partial charge in [0.05, 0.1) is 77.8 Å². The first kappa shape index (κ1) is 34.7. The molecule has 0 radical (unpaired) electrons. The van der Waals surface area contributed by atoms with Crippen LogP contribution >= 0.6 is 0 Å². The van der Waals surface area contributed by atoms with Gasteiger partial charge in [-0.2, -0.15) is 0 Å². The van der Waals surface area contributed by atoms with E-state index in [0.717, 1.165) is 90.7 Å². The van der Waals surface area contributed by atoms with Gasteiger partial charge < -0.3 is 56.8 Å². The molecule has 0 N–H and O–H groups in total. The van der Waals surface area contributed by atoms with Gasteiger partial charge in [-0.25, -0.2) is 0 Å². The van der Waals surface area contributed by atoms with Crippen LogP contribution in [0.15, 0.2) is 36.4 Å². The predicted molar refractivity (Wildman–Crippen MR) is 198 cm³/mol. The van der Waals surface area contributed by atoms with Crippen molar-refractivity contribution in [1.82, 2.24) is 0 Å². The van der Waals surface area contributed by atoms with Crippen molar-refractivity contribution >= 4 is 32.3 Å². The van der Waals surface area contributed by atoms with E-state index in [4.69, 9.17) is 56.8 Å². The number of rotatable bonds is 24. The number of fused-ring (bicyclic) bond motifs is 6. The molecular weight excluding hydrogens is 696 g/mol. The minimum Gasteiger partial charge on any atom is -0.489 e. The van der Waals surface area contributed by atoms with Crippen molar-refractivity contribution in [3.8, 4) is 34.5 Å². The summed E-state index contributed by atoms with van der Waals surface area (Å²) in [6.45, 7) is 7.01. The molecule has 0 aromatic heterocycles. The molecule has 4 aromatic rings. The van der Waals surface area contributed by atoms with E-state index in [1.807, 2.05) is 6.07 Å². The van der Waals surface area contributed by atoms with E-state index in [9.17, 15) is 0 Å². The topological polar surface area (TPSA) is 131 Å². The first-order valence-electron chi connectivity index (χ1n) is 19.7. The highest BCUT2D eigenvalue weighted by molar-refractivity contribution is 6.31. The average molecular weight is 745 g/mol. The summed E-state index contributed by atoms with van der Waals surface area (Å²) in [5.74, 6) is 3.54. The molecular formula is C42H48O12. The second kappa shape index (κ2) is 15.4. The van der Waals surface area contributed by atoms with Crippen molar-refractivity contribution in [3.63, 3.8) is 0 Å². The molecule has 12 heteroatoms. The summed E-state index contributed by atoms with van der Waals surface area (Å²) in [4.78, 5) is 0. The van der Waals surface area contributed by atoms with Crippen LogP contribution in [0.4, 0.5) is 0 Å². The minimum atomic E-state index is -0.00436. The van der Waals surface area contributed by atoms with Crippen LogP contribution in [0.2, 0.25) is 0 Å². The van der Waals surface area contributed by atoms with Crippen molar-refractivity contribution in [2.75, 3.05) is 79.3 Å². The van der Waals surface area contributed by atoms with Gasteiger partial charge >= 0.3 is 0 Å². The highest BCUT2D eigenvalue weighted by Gasteiger charge is 2.34. The Bertz CT molecular complexity index is 1960. The van der Waals surface area contributed by atoms with Crippen LogP contribution < -0.4 is 28.4 Å². The van der Waals surface area contributed by atoms with E-state index in [0.29, 0.717) is 112 Å². The fraction of sp³-hybridized carbons (Fsp3) is 0.571. The van der Waals surface area contributed by atoms with Crippen LogP contribution in [0.3, 0.4) is 0 Å². The Labute approximate surface area is 314 Å². The number of hydrogen-bond acceptors (Lipinski definition) is 12. The third-order valence-corrected chi connectivity index (χ3v) is 10.6. The zero-order valence-corrected chi connectivity index (χ0v) is 30.6. The molecule has 10 rings (SSSR count). The Morgan fingerprint density at radius 2 is 0.796 bits per heavy atom. The van der Waals surface area contributed by atoms with Crippen molar-refractivity contribution in [1.29, 1.82) is 0 Å². The lowest BCUT2D eigenvalue weighted by molar-refractivity contribution is 0.214. The fourth-order valence-electron chi connectivity index (χ4n) is 7.11. The molecule has 12 nitrogen and oxygen atoms in total. The zero-order chi connectivity index (χ0) is 35.8. The standard InChI is InChI=1S/C42H48O12/c1-2-10-32-31(9-1)33-11-12-34(52-22-28-19-49-28)38(53-23-29-20-50-29)35(33)37-36(32)39(43-13-3-6-25-16-46-25)41(44-14-4-7-26-17-47-26)42(40(37)54-24-30-21-51-30)45-15-5-8-27-18-48-27/h1-2,9-12,25-30H,3-8,13-24H2. The van der Waals surface area contributed by atoms with Gasteiger partial charge in [-0.1, -0.05) is 24.3 Å². The number of ether oxygens (including phenoxy) is 12. The minimum absolute atomic E-state index is 0.00436. The maximum absolute atomic E-state index is 6.94. The Morgan fingerprint density at radius 3 is 1.31 bits per heavy atom. The Hall–Kier alpha value is -3.78. The summed E-state index contributed by atoms with van der Waals surface area (Å²) >= 11 is 0. The second-order valence-electron chi connectivity index (χ2n) is 15.1. The number of benzene rings is 4. The van der Waals surface area contributed by atoms with Crippen molar-refractivity contribution in [3.05, 3.63) is 36.4 Å². The number of hydrogen-bond donors (Lipinski definition) is 0. The molecule has 6 aliphatic heterocycles. The normalized spacial score (nSPS) is 25.8. The van der Waals surface area contributed by atoms with Crippen molar-refractivity contribution in [2.24, 2.45) is 0 Å². The van der Waals surface area contributed by atoms with Crippen molar-refractivity contribution < 1.29 is 56.8 Å². The van der Waals surface area contributed by atoms with Gasteiger partial charge in [0, 0.05) is 16.2 Å². The molecule has 54 heavy (non-hydrogen) atoms. The van der Waals surface area contributed by atoms with Crippen LogP contribution in [0.25, 0.3) is 32.3 Å². The molecule has 6 saturated heterocycles. The Morgan fingerprint density at radius 1 is 0.389 bits per heavy atom. The van der Waals surface area contributed by atoms with Gasteiger partial charge in [-0.15, -0.1) is 0 Å². The molecule has 288 valence electrons. The predicted octanol–water partition coefficient (Wildman–Crippen LogP) is 6.15. The third-order valence-electron chi connectivity index (χ3n) is 10.6. The molecule has 4 aromatic carbocycles. The first-order valence-corrected chi connectivity index (χ1v) is 19.7. The Balaban J connectivity index is 1.19. The van der Waals surface area contributed by atoms with Gasteiger partial charge in [-0.3, -0.25) is 0 Å². The summed E-state index contributed by atoms with van der Waals surface area (Å²) in [6, 6.07) is 12.5. The van der Waals surface area contributed by atoms with E-state index < -0.39 is 0 Å². The summed E-state index contributed by atoms with van der Waals surface area (Å²) in [5.41, 5.74) is 0. The van der Waals surface area contributed by atoms with E-state index >= 15 is 0 Å². The van der Waals surface area contributed by atoms with Gasteiger partial charge in [0.1, 0.15) is 38.1 Å². The summed E-state index contributed by atoms with van der Waals surface area (Å²) in [6.07, 6.45) is 6.27. The zero-order valence-electron chi connectivity index (χ0n) is 30.6. The third kappa shape index (κ3) is 8.24. The van der Waals surface area contributed by atoms with Crippen LogP contribution in [0.1, 0.15) is 38.5 Å². The molecule has 6 aliphatic rings. The van der Waals surface area contributed by atoms with Crippen LogP contribution in [-0.4, -0.2) is 116 Å². The highest BCUT2D eigenvalue weighted by Crippen LogP contribution is 2.58.